The maximum atomic E-state index is 13.2. The molecule has 0 bridgehead atoms. The minimum Gasteiger partial charge on any atom is -0.466 e. The summed E-state index contributed by atoms with van der Waals surface area (Å²) in [5.41, 5.74) is 7.01. The number of hydrogen-bond acceptors (Lipinski definition) is 5. The summed E-state index contributed by atoms with van der Waals surface area (Å²) in [6, 6.07) is 6.26. The fourth-order valence-electron chi connectivity index (χ4n) is 3.14. The van der Waals surface area contributed by atoms with Crippen LogP contribution in [0.4, 0.5) is 10.1 Å². The van der Waals surface area contributed by atoms with Crippen molar-refractivity contribution in [1.29, 1.82) is 0 Å². The minimum atomic E-state index is -0.801. The summed E-state index contributed by atoms with van der Waals surface area (Å²) >= 11 is 0. The lowest BCUT2D eigenvalue weighted by atomic mass is 10.1. The summed E-state index contributed by atoms with van der Waals surface area (Å²) in [6.07, 6.45) is 0.0780. The van der Waals surface area contributed by atoms with Crippen molar-refractivity contribution in [3.63, 3.8) is 0 Å². The number of hydrazone groups is 1. The second kappa shape index (κ2) is 7.22. The molecule has 0 fully saturated rings. The SMILES string of the molecule is Cc1cc(C(C)NC(=O)C2=NN(c3ccc(F)cc3)C(C(N)=O)C2)c(C)o1. The van der Waals surface area contributed by atoms with Crippen LogP contribution < -0.4 is 16.1 Å². The number of primary amides is 1. The van der Waals surface area contributed by atoms with Gasteiger partial charge in [-0.2, -0.15) is 5.10 Å². The summed E-state index contributed by atoms with van der Waals surface area (Å²) in [5, 5.41) is 8.48. The maximum absolute atomic E-state index is 13.2. The highest BCUT2D eigenvalue weighted by molar-refractivity contribution is 6.40. The van der Waals surface area contributed by atoms with Crippen LogP contribution in [0.5, 0.6) is 0 Å². The zero-order chi connectivity index (χ0) is 19.7. The number of halogens is 1. The zero-order valence-corrected chi connectivity index (χ0v) is 15.3. The molecule has 1 aliphatic rings. The van der Waals surface area contributed by atoms with Gasteiger partial charge in [-0.05, 0) is 51.1 Å². The van der Waals surface area contributed by atoms with E-state index in [9.17, 15) is 14.0 Å². The summed E-state index contributed by atoms with van der Waals surface area (Å²) in [7, 11) is 0. The highest BCUT2D eigenvalue weighted by Crippen LogP contribution is 2.26. The van der Waals surface area contributed by atoms with E-state index >= 15 is 0 Å². The molecule has 0 saturated carbocycles. The average Bonchev–Trinajstić information content (AvgIpc) is 3.19. The lowest BCUT2D eigenvalue weighted by Crippen LogP contribution is -2.40. The topological polar surface area (TPSA) is 101 Å². The van der Waals surface area contributed by atoms with Gasteiger partial charge in [-0.3, -0.25) is 14.6 Å². The number of carbonyl (C=O) groups is 2. The minimum absolute atomic E-state index is 0.0780. The van der Waals surface area contributed by atoms with E-state index in [0.717, 1.165) is 17.1 Å². The molecule has 1 aromatic heterocycles. The Bertz CT molecular complexity index is 904. The third-order valence-electron chi connectivity index (χ3n) is 4.49. The molecule has 3 N–H and O–H groups in total. The van der Waals surface area contributed by atoms with Gasteiger partial charge in [-0.15, -0.1) is 0 Å². The summed E-state index contributed by atoms with van der Waals surface area (Å²) in [5.74, 6) is 0.0849. The fourth-order valence-corrected chi connectivity index (χ4v) is 3.14. The number of nitrogens with two attached hydrogens (primary N) is 1. The molecule has 0 radical (unpaired) electrons. The molecule has 0 saturated heterocycles. The first-order chi connectivity index (χ1) is 12.8. The number of nitrogens with zero attached hydrogens (tertiary/aromatic N) is 2. The molecule has 8 heteroatoms. The van der Waals surface area contributed by atoms with Crippen molar-refractivity contribution in [2.45, 2.75) is 39.3 Å². The number of anilines is 1. The molecule has 2 amide bonds. The Hall–Kier alpha value is -3.16. The molecule has 2 unspecified atom stereocenters. The van der Waals surface area contributed by atoms with Crippen LogP contribution in [0.1, 0.15) is 36.5 Å². The zero-order valence-electron chi connectivity index (χ0n) is 15.3. The molecule has 3 rings (SSSR count). The van der Waals surface area contributed by atoms with Crippen LogP contribution in [0.2, 0.25) is 0 Å². The van der Waals surface area contributed by atoms with Crippen LogP contribution in [0.25, 0.3) is 0 Å². The van der Waals surface area contributed by atoms with Crippen molar-refractivity contribution in [1.82, 2.24) is 5.32 Å². The van der Waals surface area contributed by atoms with Crippen molar-refractivity contribution in [3.8, 4) is 0 Å². The number of amides is 2. The van der Waals surface area contributed by atoms with Gasteiger partial charge in [0.1, 0.15) is 29.1 Å². The summed E-state index contributed by atoms with van der Waals surface area (Å²) < 4.78 is 18.6. The number of rotatable bonds is 5. The van der Waals surface area contributed by atoms with E-state index in [-0.39, 0.29) is 18.2 Å². The molecule has 7 nitrogen and oxygen atoms in total. The largest absolute Gasteiger partial charge is 0.466 e. The van der Waals surface area contributed by atoms with E-state index in [4.69, 9.17) is 10.2 Å². The molecule has 2 atom stereocenters. The Morgan fingerprint density at radius 2 is 2.00 bits per heavy atom. The third kappa shape index (κ3) is 3.84. The van der Waals surface area contributed by atoms with Gasteiger partial charge in [-0.1, -0.05) is 0 Å². The summed E-state index contributed by atoms with van der Waals surface area (Å²) in [4.78, 5) is 24.4. The van der Waals surface area contributed by atoms with Crippen molar-refractivity contribution >= 4 is 23.2 Å². The Morgan fingerprint density at radius 3 is 2.56 bits per heavy atom. The first-order valence-electron chi connectivity index (χ1n) is 8.55. The fraction of sp³-hybridized carbons (Fsp3) is 0.316. The first kappa shape index (κ1) is 18.6. The quantitative estimate of drug-likeness (QED) is 0.841. The Morgan fingerprint density at radius 1 is 1.33 bits per heavy atom. The van der Waals surface area contributed by atoms with E-state index in [1.165, 1.54) is 29.3 Å². The highest BCUT2D eigenvalue weighted by Gasteiger charge is 2.35. The maximum Gasteiger partial charge on any atom is 0.268 e. The van der Waals surface area contributed by atoms with Crippen molar-refractivity contribution < 1.29 is 18.4 Å². The lowest BCUT2D eigenvalue weighted by molar-refractivity contribution is -0.119. The van der Waals surface area contributed by atoms with E-state index in [0.29, 0.717) is 5.69 Å². The van der Waals surface area contributed by atoms with Crippen molar-refractivity contribution in [3.05, 3.63) is 53.2 Å². The molecule has 0 aliphatic carbocycles. The van der Waals surface area contributed by atoms with Gasteiger partial charge in [0.05, 0.1) is 11.7 Å². The van der Waals surface area contributed by atoms with Crippen LogP contribution in [-0.4, -0.2) is 23.6 Å². The molecule has 27 heavy (non-hydrogen) atoms. The number of benzene rings is 1. The van der Waals surface area contributed by atoms with Crippen LogP contribution in [-0.2, 0) is 9.59 Å². The Labute approximate surface area is 156 Å². The third-order valence-corrected chi connectivity index (χ3v) is 4.49. The predicted octanol–water partition coefficient (Wildman–Crippen LogP) is 2.33. The predicted molar refractivity (Wildman–Crippen MR) is 98.7 cm³/mol. The number of hydrogen-bond donors (Lipinski definition) is 2. The molecule has 2 heterocycles. The smallest absolute Gasteiger partial charge is 0.268 e. The lowest BCUT2D eigenvalue weighted by Gasteiger charge is -2.20. The number of aryl methyl sites for hydroxylation is 2. The standard InChI is InChI=1S/C19H21FN4O3/c1-10-8-15(12(3)27-10)11(2)22-19(26)16-9-17(18(21)25)24(23-16)14-6-4-13(20)5-7-14/h4-8,11,17H,9H2,1-3H3,(H2,21,25)(H,22,26). The van der Waals surface area contributed by atoms with Gasteiger partial charge in [0, 0.05) is 12.0 Å². The second-order valence-corrected chi connectivity index (χ2v) is 6.55. The molecule has 0 spiro atoms. The number of carbonyl (C=O) groups excluding carboxylic acids is 2. The molecule has 2 aromatic rings. The van der Waals surface area contributed by atoms with Gasteiger partial charge in [-0.25, -0.2) is 4.39 Å². The van der Waals surface area contributed by atoms with Crippen LogP contribution in [0, 0.1) is 19.7 Å². The van der Waals surface area contributed by atoms with Gasteiger partial charge in [0.15, 0.2) is 0 Å². The van der Waals surface area contributed by atoms with Gasteiger partial charge in [0.25, 0.3) is 5.91 Å². The van der Waals surface area contributed by atoms with E-state index in [1.54, 1.807) is 0 Å². The number of furan rings is 1. The molecular weight excluding hydrogens is 351 g/mol. The van der Waals surface area contributed by atoms with Gasteiger partial charge >= 0.3 is 0 Å². The molecule has 1 aliphatic heterocycles. The van der Waals surface area contributed by atoms with E-state index in [2.05, 4.69) is 10.4 Å². The highest BCUT2D eigenvalue weighted by atomic mass is 19.1. The Kier molecular flexibility index (Phi) is 4.98. The van der Waals surface area contributed by atoms with Gasteiger partial charge in [0.2, 0.25) is 5.91 Å². The van der Waals surface area contributed by atoms with Crippen molar-refractivity contribution in [2.75, 3.05) is 5.01 Å². The summed E-state index contributed by atoms with van der Waals surface area (Å²) in [6.45, 7) is 5.51. The monoisotopic (exact) mass is 372 g/mol. The normalized spacial score (nSPS) is 17.6. The van der Waals surface area contributed by atoms with Gasteiger partial charge < -0.3 is 15.5 Å². The van der Waals surface area contributed by atoms with Crippen LogP contribution >= 0.6 is 0 Å². The average molecular weight is 372 g/mol. The van der Waals surface area contributed by atoms with E-state index < -0.39 is 23.7 Å². The first-order valence-corrected chi connectivity index (χ1v) is 8.55. The van der Waals surface area contributed by atoms with Crippen molar-refractivity contribution in [2.24, 2.45) is 10.8 Å². The number of nitrogens with one attached hydrogen (secondary N) is 1. The second-order valence-electron chi connectivity index (χ2n) is 6.55. The van der Waals surface area contributed by atoms with Crippen LogP contribution in [0.15, 0.2) is 39.9 Å². The molecule has 1 aromatic carbocycles. The molecule has 142 valence electrons. The van der Waals surface area contributed by atoms with Crippen LogP contribution in [0.3, 0.4) is 0 Å². The van der Waals surface area contributed by atoms with E-state index in [1.807, 2.05) is 26.8 Å². The molecular formula is C19H21FN4O3. The Balaban J connectivity index is 1.79.